The Bertz CT molecular complexity index is 654. The summed E-state index contributed by atoms with van der Waals surface area (Å²) in [6.45, 7) is 4.55. The lowest BCUT2D eigenvalue weighted by molar-refractivity contribution is 0.0992. The van der Waals surface area contributed by atoms with Crippen LogP contribution in [0.3, 0.4) is 0 Å². The Hall–Kier alpha value is -2.09. The first-order chi connectivity index (χ1) is 9.83. The lowest BCUT2D eigenvalue weighted by atomic mass is 10.1. The molecule has 0 unspecified atom stereocenters. The first kappa shape index (κ1) is 12.9. The summed E-state index contributed by atoms with van der Waals surface area (Å²) in [5, 5.41) is 2.27. The number of carbonyl (C=O) groups is 1. The Morgan fingerprint density at radius 3 is 2.65 bits per heavy atom. The average Bonchev–Trinajstić information content (AvgIpc) is 2.75. The molecule has 102 valence electrons. The van der Waals surface area contributed by atoms with Crippen molar-refractivity contribution in [2.24, 2.45) is 0 Å². The summed E-state index contributed by atoms with van der Waals surface area (Å²) in [5.74, 6) is 0.153. The second-order valence-electron chi connectivity index (χ2n) is 5.28. The second kappa shape index (κ2) is 5.49. The summed E-state index contributed by atoms with van der Waals surface area (Å²) in [6.07, 6.45) is 6.36. The van der Waals surface area contributed by atoms with Gasteiger partial charge in [-0.25, -0.2) is 0 Å². The lowest BCUT2D eigenvalue weighted by Crippen LogP contribution is -2.27. The van der Waals surface area contributed by atoms with Gasteiger partial charge < -0.3 is 4.90 Å². The van der Waals surface area contributed by atoms with E-state index in [1.165, 1.54) is 0 Å². The molecule has 0 N–H and O–H groups in total. The summed E-state index contributed by atoms with van der Waals surface area (Å²) in [7, 11) is 0. The van der Waals surface area contributed by atoms with E-state index in [4.69, 9.17) is 0 Å². The molecular formula is C18H19NO. The zero-order chi connectivity index (χ0) is 13.9. The molecule has 1 amide bonds. The number of rotatable bonds is 6. The molecule has 0 saturated carbocycles. The standard InChI is InChI=1S/C18H19NO/c1-2-3-4-5-6-13-19-16-12-8-10-14-9-7-11-15(17(14)16)18(19)20/h2,7-12H,1,3-6,13H2. The largest absolute Gasteiger partial charge is 0.308 e. The summed E-state index contributed by atoms with van der Waals surface area (Å²) in [6, 6.07) is 12.1. The van der Waals surface area contributed by atoms with Gasteiger partial charge in [0.15, 0.2) is 0 Å². The maximum Gasteiger partial charge on any atom is 0.258 e. The Morgan fingerprint density at radius 1 is 1.05 bits per heavy atom. The second-order valence-corrected chi connectivity index (χ2v) is 5.28. The van der Waals surface area contributed by atoms with Gasteiger partial charge in [0.2, 0.25) is 0 Å². The normalized spacial score (nSPS) is 13.2. The highest BCUT2D eigenvalue weighted by atomic mass is 16.2. The van der Waals surface area contributed by atoms with Crippen LogP contribution in [0.1, 0.15) is 36.0 Å². The molecule has 0 saturated heterocycles. The molecule has 0 atom stereocenters. The lowest BCUT2D eigenvalue weighted by Gasteiger charge is -2.17. The number of hydrogen-bond acceptors (Lipinski definition) is 1. The van der Waals surface area contributed by atoms with E-state index in [1.807, 2.05) is 29.2 Å². The first-order valence-corrected chi connectivity index (χ1v) is 7.27. The van der Waals surface area contributed by atoms with Gasteiger partial charge in [-0.1, -0.05) is 36.8 Å². The van der Waals surface area contributed by atoms with Crippen LogP contribution in [0.2, 0.25) is 0 Å². The number of amides is 1. The third-order valence-electron chi connectivity index (χ3n) is 3.94. The summed E-state index contributed by atoms with van der Waals surface area (Å²) in [5.41, 5.74) is 1.93. The van der Waals surface area contributed by atoms with E-state index in [2.05, 4.69) is 24.8 Å². The van der Waals surface area contributed by atoms with Crippen molar-refractivity contribution in [3.8, 4) is 0 Å². The molecule has 3 rings (SSSR count). The molecule has 2 aromatic carbocycles. The van der Waals surface area contributed by atoms with E-state index in [0.717, 1.165) is 54.3 Å². The van der Waals surface area contributed by atoms with Gasteiger partial charge in [-0.2, -0.15) is 0 Å². The number of nitrogens with zero attached hydrogens (tertiary/aromatic N) is 1. The van der Waals surface area contributed by atoms with Crippen LogP contribution >= 0.6 is 0 Å². The quantitative estimate of drug-likeness (QED) is 0.554. The molecule has 20 heavy (non-hydrogen) atoms. The molecule has 0 fully saturated rings. The highest BCUT2D eigenvalue weighted by Gasteiger charge is 2.28. The molecule has 0 spiro atoms. The number of anilines is 1. The molecule has 2 nitrogen and oxygen atoms in total. The first-order valence-electron chi connectivity index (χ1n) is 7.27. The van der Waals surface area contributed by atoms with Crippen molar-refractivity contribution in [3.63, 3.8) is 0 Å². The van der Waals surface area contributed by atoms with Gasteiger partial charge in [0.25, 0.3) is 5.91 Å². The maximum absolute atomic E-state index is 12.5. The molecule has 1 aliphatic rings. The topological polar surface area (TPSA) is 20.3 Å². The number of allylic oxidation sites excluding steroid dienone is 1. The van der Waals surface area contributed by atoms with Gasteiger partial charge in [-0.3, -0.25) is 4.79 Å². The van der Waals surface area contributed by atoms with Gasteiger partial charge in [0, 0.05) is 17.5 Å². The third kappa shape index (κ3) is 2.11. The molecule has 0 radical (unpaired) electrons. The third-order valence-corrected chi connectivity index (χ3v) is 3.94. The van der Waals surface area contributed by atoms with Gasteiger partial charge >= 0.3 is 0 Å². The van der Waals surface area contributed by atoms with E-state index in [0.29, 0.717) is 0 Å². The summed E-state index contributed by atoms with van der Waals surface area (Å²) in [4.78, 5) is 14.4. The number of unbranched alkanes of at least 4 members (excludes halogenated alkanes) is 3. The van der Waals surface area contributed by atoms with Crippen LogP contribution < -0.4 is 4.90 Å². The van der Waals surface area contributed by atoms with E-state index in [9.17, 15) is 4.79 Å². The fraction of sp³-hybridized carbons (Fsp3) is 0.278. The molecule has 0 bridgehead atoms. The fourth-order valence-electron chi connectivity index (χ4n) is 2.94. The van der Waals surface area contributed by atoms with Crippen LogP contribution in [0.25, 0.3) is 10.8 Å². The van der Waals surface area contributed by atoms with Gasteiger partial charge in [-0.05, 0) is 36.8 Å². The average molecular weight is 265 g/mol. The highest BCUT2D eigenvalue weighted by Crippen LogP contribution is 2.37. The predicted octanol–water partition coefficient (Wildman–Crippen LogP) is 4.55. The van der Waals surface area contributed by atoms with Crippen LogP contribution in [0.5, 0.6) is 0 Å². The molecule has 2 aromatic rings. The number of carbonyl (C=O) groups excluding carboxylic acids is 1. The van der Waals surface area contributed by atoms with Crippen LogP contribution in [0.15, 0.2) is 49.1 Å². The van der Waals surface area contributed by atoms with Gasteiger partial charge in [0.1, 0.15) is 0 Å². The van der Waals surface area contributed by atoms with Crippen molar-refractivity contribution in [1.29, 1.82) is 0 Å². The van der Waals surface area contributed by atoms with Crippen molar-refractivity contribution in [2.75, 3.05) is 11.4 Å². The fourth-order valence-corrected chi connectivity index (χ4v) is 2.94. The Balaban J connectivity index is 1.80. The zero-order valence-electron chi connectivity index (χ0n) is 11.6. The van der Waals surface area contributed by atoms with Crippen LogP contribution in [0, 0.1) is 0 Å². The van der Waals surface area contributed by atoms with Crippen molar-refractivity contribution in [2.45, 2.75) is 25.7 Å². The van der Waals surface area contributed by atoms with E-state index in [-0.39, 0.29) is 5.91 Å². The van der Waals surface area contributed by atoms with Crippen molar-refractivity contribution in [1.82, 2.24) is 0 Å². The van der Waals surface area contributed by atoms with Crippen molar-refractivity contribution >= 4 is 22.4 Å². The van der Waals surface area contributed by atoms with Crippen LogP contribution in [0.4, 0.5) is 5.69 Å². The minimum atomic E-state index is 0.153. The number of benzene rings is 2. The molecule has 2 heteroatoms. The smallest absolute Gasteiger partial charge is 0.258 e. The molecule has 0 aliphatic carbocycles. The minimum absolute atomic E-state index is 0.153. The maximum atomic E-state index is 12.5. The Morgan fingerprint density at radius 2 is 1.85 bits per heavy atom. The van der Waals surface area contributed by atoms with Gasteiger partial charge in [-0.15, -0.1) is 6.58 Å². The SMILES string of the molecule is C=CCCCCCN1C(=O)c2cccc3cccc1c23. The number of hydrogen-bond donors (Lipinski definition) is 0. The Labute approximate surface area is 119 Å². The van der Waals surface area contributed by atoms with E-state index >= 15 is 0 Å². The summed E-state index contributed by atoms with van der Waals surface area (Å²) < 4.78 is 0. The Kier molecular flexibility index (Phi) is 3.55. The van der Waals surface area contributed by atoms with Crippen molar-refractivity contribution < 1.29 is 4.79 Å². The van der Waals surface area contributed by atoms with E-state index in [1.54, 1.807) is 0 Å². The highest BCUT2D eigenvalue weighted by molar-refractivity contribution is 6.24. The molecule has 1 aliphatic heterocycles. The van der Waals surface area contributed by atoms with E-state index < -0.39 is 0 Å². The summed E-state index contributed by atoms with van der Waals surface area (Å²) >= 11 is 0. The molecule has 0 aromatic heterocycles. The zero-order valence-corrected chi connectivity index (χ0v) is 11.6. The minimum Gasteiger partial charge on any atom is -0.308 e. The van der Waals surface area contributed by atoms with Crippen LogP contribution in [-0.2, 0) is 0 Å². The van der Waals surface area contributed by atoms with Crippen molar-refractivity contribution in [3.05, 3.63) is 54.6 Å². The molecular weight excluding hydrogens is 246 g/mol. The monoisotopic (exact) mass is 265 g/mol. The molecule has 1 heterocycles. The van der Waals surface area contributed by atoms with Crippen LogP contribution in [-0.4, -0.2) is 12.5 Å². The van der Waals surface area contributed by atoms with Gasteiger partial charge in [0.05, 0.1) is 5.69 Å². The predicted molar refractivity (Wildman–Crippen MR) is 84.3 cm³/mol.